The van der Waals surface area contributed by atoms with Crippen molar-refractivity contribution in [1.82, 2.24) is 5.32 Å². The minimum atomic E-state index is -0.227. The molecule has 0 aliphatic rings. The molecule has 0 saturated carbocycles. The lowest BCUT2D eigenvalue weighted by Crippen LogP contribution is -2.21. The van der Waals surface area contributed by atoms with Gasteiger partial charge in [0, 0.05) is 3.57 Å². The summed E-state index contributed by atoms with van der Waals surface area (Å²) in [6.45, 7) is 2.94. The molecule has 0 heterocycles. The molecular formula is C12H13FIN. The van der Waals surface area contributed by atoms with Crippen molar-refractivity contribution in [2.75, 3.05) is 6.54 Å². The van der Waals surface area contributed by atoms with Crippen LogP contribution in [0.5, 0.6) is 0 Å². The van der Waals surface area contributed by atoms with Crippen LogP contribution in [-0.2, 0) is 0 Å². The van der Waals surface area contributed by atoms with Gasteiger partial charge in [-0.1, -0.05) is 18.9 Å². The summed E-state index contributed by atoms with van der Waals surface area (Å²) in [5.41, 5.74) is 0.966. The van der Waals surface area contributed by atoms with Crippen LogP contribution in [-0.4, -0.2) is 6.54 Å². The molecule has 0 bridgehead atoms. The first-order chi connectivity index (χ1) is 7.19. The normalized spacial score (nSPS) is 12.1. The second kappa shape index (κ2) is 6.09. The zero-order valence-corrected chi connectivity index (χ0v) is 10.7. The molecule has 3 heteroatoms. The first-order valence-corrected chi connectivity index (χ1v) is 5.91. The van der Waals surface area contributed by atoms with E-state index in [1.54, 1.807) is 6.07 Å². The van der Waals surface area contributed by atoms with Crippen molar-refractivity contribution in [3.63, 3.8) is 0 Å². The van der Waals surface area contributed by atoms with E-state index in [4.69, 9.17) is 6.42 Å². The minimum Gasteiger partial charge on any atom is -0.300 e. The molecule has 1 aromatic carbocycles. The maximum Gasteiger partial charge on any atom is 0.124 e. The maximum absolute atomic E-state index is 12.9. The van der Waals surface area contributed by atoms with Gasteiger partial charge in [0.05, 0.1) is 6.04 Å². The first-order valence-electron chi connectivity index (χ1n) is 4.83. The highest BCUT2D eigenvalue weighted by Crippen LogP contribution is 2.20. The van der Waals surface area contributed by atoms with Gasteiger partial charge in [0.2, 0.25) is 0 Å². The molecule has 0 amide bonds. The van der Waals surface area contributed by atoms with Gasteiger partial charge in [0.25, 0.3) is 0 Å². The molecular weight excluding hydrogens is 304 g/mol. The van der Waals surface area contributed by atoms with E-state index >= 15 is 0 Å². The molecule has 1 nitrogen and oxygen atoms in total. The fourth-order valence-electron chi connectivity index (χ4n) is 1.28. The Morgan fingerprint density at radius 2 is 2.33 bits per heavy atom. The van der Waals surface area contributed by atoms with Crippen molar-refractivity contribution in [2.45, 2.75) is 19.4 Å². The molecule has 0 aromatic heterocycles. The Labute approximate surface area is 104 Å². The van der Waals surface area contributed by atoms with E-state index in [9.17, 15) is 4.39 Å². The van der Waals surface area contributed by atoms with Crippen molar-refractivity contribution in [3.05, 3.63) is 33.1 Å². The fraction of sp³-hybridized carbons (Fsp3) is 0.333. The van der Waals surface area contributed by atoms with Gasteiger partial charge in [-0.15, -0.1) is 6.42 Å². The Bertz CT molecular complexity index is 370. The lowest BCUT2D eigenvalue weighted by Gasteiger charge is -2.14. The third kappa shape index (κ3) is 3.47. The minimum absolute atomic E-state index is 0.127. The van der Waals surface area contributed by atoms with Gasteiger partial charge in [-0.3, -0.25) is 5.32 Å². The second-order valence-electron chi connectivity index (χ2n) is 3.22. The summed E-state index contributed by atoms with van der Waals surface area (Å²) in [5, 5.41) is 3.23. The van der Waals surface area contributed by atoms with E-state index in [2.05, 4.69) is 40.8 Å². The molecule has 0 aliphatic heterocycles. The highest BCUT2D eigenvalue weighted by molar-refractivity contribution is 14.1. The van der Waals surface area contributed by atoms with Crippen molar-refractivity contribution in [3.8, 4) is 12.3 Å². The summed E-state index contributed by atoms with van der Waals surface area (Å²) in [6.07, 6.45) is 6.47. The van der Waals surface area contributed by atoms with Crippen molar-refractivity contribution in [2.24, 2.45) is 0 Å². The zero-order chi connectivity index (χ0) is 11.3. The monoisotopic (exact) mass is 317 g/mol. The van der Waals surface area contributed by atoms with Crippen LogP contribution < -0.4 is 5.32 Å². The smallest absolute Gasteiger partial charge is 0.124 e. The SMILES string of the molecule is C#CC(NCCC)c1ccc(F)cc1I. The van der Waals surface area contributed by atoms with Gasteiger partial charge in [-0.05, 0) is 53.3 Å². The second-order valence-corrected chi connectivity index (χ2v) is 4.38. The molecule has 1 atom stereocenters. The molecule has 0 aliphatic carbocycles. The van der Waals surface area contributed by atoms with Crippen LogP contribution in [0.3, 0.4) is 0 Å². The van der Waals surface area contributed by atoms with Crippen LogP contribution in [0.15, 0.2) is 18.2 Å². The Morgan fingerprint density at radius 1 is 1.60 bits per heavy atom. The average Bonchev–Trinajstić information content (AvgIpc) is 2.21. The van der Waals surface area contributed by atoms with Gasteiger partial charge in [0.1, 0.15) is 5.82 Å². The molecule has 1 unspecified atom stereocenters. The Hall–Kier alpha value is -0.600. The van der Waals surface area contributed by atoms with Crippen LogP contribution in [0, 0.1) is 21.7 Å². The lowest BCUT2D eigenvalue weighted by molar-refractivity contribution is 0.610. The van der Waals surface area contributed by atoms with Crippen LogP contribution in [0.2, 0.25) is 0 Å². The summed E-state index contributed by atoms with van der Waals surface area (Å²) in [5.74, 6) is 2.45. The molecule has 1 rings (SSSR count). The lowest BCUT2D eigenvalue weighted by atomic mass is 10.1. The van der Waals surface area contributed by atoms with Gasteiger partial charge >= 0.3 is 0 Å². The molecule has 0 saturated heterocycles. The molecule has 80 valence electrons. The Morgan fingerprint density at radius 3 is 2.87 bits per heavy atom. The zero-order valence-electron chi connectivity index (χ0n) is 8.56. The van der Waals surface area contributed by atoms with Crippen molar-refractivity contribution in [1.29, 1.82) is 0 Å². The summed E-state index contributed by atoms with van der Waals surface area (Å²) in [4.78, 5) is 0. The summed E-state index contributed by atoms with van der Waals surface area (Å²) < 4.78 is 13.8. The number of hydrogen-bond donors (Lipinski definition) is 1. The van der Waals surface area contributed by atoms with Crippen LogP contribution in [0.1, 0.15) is 24.9 Å². The number of rotatable bonds is 4. The molecule has 0 radical (unpaired) electrons. The van der Waals surface area contributed by atoms with Gasteiger partial charge < -0.3 is 0 Å². The van der Waals surface area contributed by atoms with E-state index in [0.717, 1.165) is 22.1 Å². The van der Waals surface area contributed by atoms with E-state index in [-0.39, 0.29) is 11.9 Å². The van der Waals surface area contributed by atoms with Crippen LogP contribution >= 0.6 is 22.6 Å². The number of halogens is 2. The first kappa shape index (κ1) is 12.5. The Kier molecular flexibility index (Phi) is 5.06. The number of terminal acetylenes is 1. The highest BCUT2D eigenvalue weighted by atomic mass is 127. The standard InChI is InChI=1S/C12H13FIN/c1-3-7-15-12(4-2)10-6-5-9(13)8-11(10)14/h2,5-6,8,12,15H,3,7H2,1H3. The van der Waals surface area contributed by atoms with Gasteiger partial charge in [-0.25, -0.2) is 4.39 Å². The molecule has 1 N–H and O–H groups in total. The predicted octanol–water partition coefficient (Wildman–Crippen LogP) is 3.10. The van der Waals surface area contributed by atoms with Crippen molar-refractivity contribution < 1.29 is 4.39 Å². The highest BCUT2D eigenvalue weighted by Gasteiger charge is 2.10. The van der Waals surface area contributed by atoms with Crippen LogP contribution in [0.25, 0.3) is 0 Å². The quantitative estimate of drug-likeness (QED) is 0.665. The molecule has 0 spiro atoms. The summed E-state index contributed by atoms with van der Waals surface area (Å²) >= 11 is 2.10. The van der Waals surface area contributed by atoms with E-state index in [0.29, 0.717) is 0 Å². The van der Waals surface area contributed by atoms with Gasteiger partial charge in [-0.2, -0.15) is 0 Å². The fourth-order valence-corrected chi connectivity index (χ4v) is 2.07. The molecule has 15 heavy (non-hydrogen) atoms. The number of nitrogens with one attached hydrogen (secondary N) is 1. The largest absolute Gasteiger partial charge is 0.300 e. The number of benzene rings is 1. The van der Waals surface area contributed by atoms with E-state index in [1.807, 2.05) is 0 Å². The Balaban J connectivity index is 2.88. The number of hydrogen-bond acceptors (Lipinski definition) is 1. The molecule has 1 aromatic rings. The van der Waals surface area contributed by atoms with Crippen LogP contribution in [0.4, 0.5) is 4.39 Å². The summed E-state index contributed by atoms with van der Waals surface area (Å²) in [7, 11) is 0. The van der Waals surface area contributed by atoms with Crippen molar-refractivity contribution >= 4 is 22.6 Å². The maximum atomic E-state index is 12.9. The topological polar surface area (TPSA) is 12.0 Å². The average molecular weight is 317 g/mol. The predicted molar refractivity (Wildman–Crippen MR) is 69.0 cm³/mol. The molecule has 0 fully saturated rings. The third-order valence-corrected chi connectivity index (χ3v) is 2.97. The van der Waals surface area contributed by atoms with Gasteiger partial charge in [0.15, 0.2) is 0 Å². The van der Waals surface area contributed by atoms with E-state index in [1.165, 1.54) is 12.1 Å². The van der Waals surface area contributed by atoms with E-state index < -0.39 is 0 Å². The third-order valence-electron chi connectivity index (χ3n) is 2.04. The summed E-state index contributed by atoms with van der Waals surface area (Å²) in [6, 6.07) is 4.55.